The zero-order chi connectivity index (χ0) is 12.3. The van der Waals surface area contributed by atoms with Crippen LogP contribution in [-0.2, 0) is 17.8 Å². The standard InChI is InChI=1S/C13H14N2O2/c1-10-7-14-15(8-10)9-12-4-2-11(3-5-12)6-13(16)17/h2-5,7-8H,6,9H2,1H3,(H,16,17). The first-order valence-corrected chi connectivity index (χ1v) is 5.42. The highest BCUT2D eigenvalue weighted by Crippen LogP contribution is 2.07. The van der Waals surface area contributed by atoms with E-state index in [9.17, 15) is 4.79 Å². The lowest BCUT2D eigenvalue weighted by Crippen LogP contribution is -2.02. The quantitative estimate of drug-likeness (QED) is 0.872. The summed E-state index contributed by atoms with van der Waals surface area (Å²) in [5, 5.41) is 12.9. The average molecular weight is 230 g/mol. The molecular formula is C13H14N2O2. The summed E-state index contributed by atoms with van der Waals surface area (Å²) < 4.78 is 1.86. The largest absolute Gasteiger partial charge is 0.481 e. The molecule has 0 bridgehead atoms. The molecule has 2 rings (SSSR count). The van der Waals surface area contributed by atoms with E-state index in [-0.39, 0.29) is 6.42 Å². The Morgan fingerprint density at radius 2 is 1.94 bits per heavy atom. The molecule has 0 radical (unpaired) electrons. The Balaban J connectivity index is 2.05. The van der Waals surface area contributed by atoms with Gasteiger partial charge in [0.05, 0.1) is 19.2 Å². The summed E-state index contributed by atoms with van der Waals surface area (Å²) in [6.45, 7) is 2.71. The fourth-order valence-electron chi connectivity index (χ4n) is 1.68. The van der Waals surface area contributed by atoms with E-state index >= 15 is 0 Å². The van der Waals surface area contributed by atoms with Gasteiger partial charge in [0.2, 0.25) is 0 Å². The van der Waals surface area contributed by atoms with Crippen molar-refractivity contribution in [3.63, 3.8) is 0 Å². The van der Waals surface area contributed by atoms with Gasteiger partial charge in [0, 0.05) is 6.20 Å². The molecular weight excluding hydrogens is 216 g/mol. The van der Waals surface area contributed by atoms with Gasteiger partial charge in [-0.2, -0.15) is 5.10 Å². The number of aromatic nitrogens is 2. The molecule has 0 unspecified atom stereocenters. The summed E-state index contributed by atoms with van der Waals surface area (Å²) >= 11 is 0. The second kappa shape index (κ2) is 4.82. The van der Waals surface area contributed by atoms with E-state index in [1.807, 2.05) is 48.3 Å². The van der Waals surface area contributed by atoms with Crippen LogP contribution in [0.25, 0.3) is 0 Å². The molecule has 1 N–H and O–H groups in total. The van der Waals surface area contributed by atoms with Crippen LogP contribution in [-0.4, -0.2) is 20.9 Å². The lowest BCUT2D eigenvalue weighted by molar-refractivity contribution is -0.136. The molecule has 2 aromatic rings. The van der Waals surface area contributed by atoms with Crippen LogP contribution in [0.15, 0.2) is 36.7 Å². The molecule has 17 heavy (non-hydrogen) atoms. The van der Waals surface area contributed by atoms with Crippen molar-refractivity contribution in [2.45, 2.75) is 19.9 Å². The molecule has 0 saturated carbocycles. The molecule has 1 heterocycles. The highest BCUT2D eigenvalue weighted by molar-refractivity contribution is 5.70. The molecule has 0 amide bonds. The number of carbonyl (C=O) groups is 1. The number of benzene rings is 1. The van der Waals surface area contributed by atoms with E-state index in [4.69, 9.17) is 5.11 Å². The van der Waals surface area contributed by atoms with Gasteiger partial charge in [0.1, 0.15) is 0 Å². The maximum absolute atomic E-state index is 10.5. The van der Waals surface area contributed by atoms with Crippen LogP contribution >= 0.6 is 0 Å². The van der Waals surface area contributed by atoms with Crippen molar-refractivity contribution >= 4 is 5.97 Å². The predicted octanol–water partition coefficient (Wildman–Crippen LogP) is 1.87. The van der Waals surface area contributed by atoms with Crippen LogP contribution < -0.4 is 0 Å². The van der Waals surface area contributed by atoms with Crippen molar-refractivity contribution in [2.24, 2.45) is 0 Å². The van der Waals surface area contributed by atoms with Crippen molar-refractivity contribution < 1.29 is 9.90 Å². The Morgan fingerprint density at radius 1 is 1.29 bits per heavy atom. The Labute approximate surface area is 99.5 Å². The summed E-state index contributed by atoms with van der Waals surface area (Å²) in [7, 11) is 0. The fraction of sp³-hybridized carbons (Fsp3) is 0.231. The van der Waals surface area contributed by atoms with Crippen LogP contribution in [0, 0.1) is 6.92 Å². The molecule has 0 spiro atoms. The summed E-state index contributed by atoms with van der Waals surface area (Å²) in [4.78, 5) is 10.5. The van der Waals surface area contributed by atoms with Gasteiger partial charge in [-0.25, -0.2) is 0 Å². The molecule has 0 aliphatic carbocycles. The number of hydrogen-bond acceptors (Lipinski definition) is 2. The van der Waals surface area contributed by atoms with Gasteiger partial charge in [0.15, 0.2) is 0 Å². The minimum atomic E-state index is -0.805. The molecule has 1 aromatic carbocycles. The number of aryl methyl sites for hydroxylation is 1. The normalized spacial score (nSPS) is 10.4. The number of hydrogen-bond donors (Lipinski definition) is 1. The SMILES string of the molecule is Cc1cnn(Cc2ccc(CC(=O)O)cc2)c1. The minimum absolute atomic E-state index is 0.0706. The van der Waals surface area contributed by atoms with Crippen molar-refractivity contribution in [2.75, 3.05) is 0 Å². The first-order valence-electron chi connectivity index (χ1n) is 5.42. The van der Waals surface area contributed by atoms with Crippen LogP contribution in [0.3, 0.4) is 0 Å². The maximum Gasteiger partial charge on any atom is 0.307 e. The lowest BCUT2D eigenvalue weighted by Gasteiger charge is -2.03. The third-order valence-corrected chi connectivity index (χ3v) is 2.49. The summed E-state index contributed by atoms with van der Waals surface area (Å²) in [5.74, 6) is -0.805. The number of carboxylic acids is 1. The number of rotatable bonds is 4. The van der Waals surface area contributed by atoms with E-state index in [0.29, 0.717) is 6.54 Å². The van der Waals surface area contributed by atoms with Gasteiger partial charge >= 0.3 is 5.97 Å². The zero-order valence-electron chi connectivity index (χ0n) is 9.63. The van der Waals surface area contributed by atoms with Crippen molar-refractivity contribution in [3.8, 4) is 0 Å². The molecule has 4 nitrogen and oxygen atoms in total. The van der Waals surface area contributed by atoms with Crippen molar-refractivity contribution in [1.82, 2.24) is 9.78 Å². The molecule has 88 valence electrons. The summed E-state index contributed by atoms with van der Waals surface area (Å²) in [6, 6.07) is 7.57. The van der Waals surface area contributed by atoms with Gasteiger partial charge in [0.25, 0.3) is 0 Å². The Morgan fingerprint density at radius 3 is 2.47 bits per heavy atom. The second-order valence-electron chi connectivity index (χ2n) is 4.10. The van der Waals surface area contributed by atoms with Crippen LogP contribution in [0.2, 0.25) is 0 Å². The van der Waals surface area contributed by atoms with Gasteiger partial charge in [-0.1, -0.05) is 24.3 Å². The molecule has 0 saturated heterocycles. The third-order valence-electron chi connectivity index (χ3n) is 2.49. The Hall–Kier alpha value is -2.10. The van der Waals surface area contributed by atoms with E-state index in [2.05, 4.69) is 5.10 Å². The maximum atomic E-state index is 10.5. The highest BCUT2D eigenvalue weighted by Gasteiger charge is 2.01. The minimum Gasteiger partial charge on any atom is -0.481 e. The number of aliphatic carboxylic acids is 1. The van der Waals surface area contributed by atoms with Crippen LogP contribution in [0.1, 0.15) is 16.7 Å². The number of carboxylic acid groups (broad SMARTS) is 1. The number of nitrogens with zero attached hydrogens (tertiary/aromatic N) is 2. The van der Waals surface area contributed by atoms with Gasteiger partial charge in [-0.3, -0.25) is 9.48 Å². The van der Waals surface area contributed by atoms with E-state index < -0.39 is 5.97 Å². The first kappa shape index (κ1) is 11.4. The Bertz CT molecular complexity index is 514. The highest BCUT2D eigenvalue weighted by atomic mass is 16.4. The summed E-state index contributed by atoms with van der Waals surface area (Å²) in [5.41, 5.74) is 3.06. The van der Waals surface area contributed by atoms with Crippen molar-refractivity contribution in [3.05, 3.63) is 53.3 Å². The smallest absolute Gasteiger partial charge is 0.307 e. The Kier molecular flexibility index (Phi) is 3.23. The molecule has 0 aliphatic rings. The van der Waals surface area contributed by atoms with Gasteiger partial charge in [-0.15, -0.1) is 0 Å². The van der Waals surface area contributed by atoms with Crippen molar-refractivity contribution in [1.29, 1.82) is 0 Å². The van der Waals surface area contributed by atoms with E-state index in [1.54, 1.807) is 0 Å². The molecule has 0 fully saturated rings. The van der Waals surface area contributed by atoms with Gasteiger partial charge < -0.3 is 5.11 Å². The van der Waals surface area contributed by atoms with Gasteiger partial charge in [-0.05, 0) is 23.6 Å². The topological polar surface area (TPSA) is 55.1 Å². The van der Waals surface area contributed by atoms with E-state index in [1.165, 1.54) is 0 Å². The average Bonchev–Trinajstić information content (AvgIpc) is 2.66. The molecule has 1 aromatic heterocycles. The molecule has 0 atom stereocenters. The first-order chi connectivity index (χ1) is 8.13. The molecule has 0 aliphatic heterocycles. The monoisotopic (exact) mass is 230 g/mol. The van der Waals surface area contributed by atoms with Crippen LogP contribution in [0.4, 0.5) is 0 Å². The third kappa shape index (κ3) is 3.17. The summed E-state index contributed by atoms with van der Waals surface area (Å²) in [6.07, 6.45) is 3.87. The lowest BCUT2D eigenvalue weighted by atomic mass is 10.1. The molecule has 4 heteroatoms. The predicted molar refractivity (Wildman–Crippen MR) is 63.8 cm³/mol. The van der Waals surface area contributed by atoms with E-state index in [0.717, 1.165) is 16.7 Å². The second-order valence-corrected chi connectivity index (χ2v) is 4.10. The zero-order valence-corrected chi connectivity index (χ0v) is 9.63. The van der Waals surface area contributed by atoms with Crippen LogP contribution in [0.5, 0.6) is 0 Å². The fourth-order valence-corrected chi connectivity index (χ4v) is 1.68.